The Labute approximate surface area is 191 Å². The predicted octanol–water partition coefficient (Wildman–Crippen LogP) is 4.87. The molecule has 4 rings (SSSR count). The Morgan fingerprint density at radius 3 is 2.24 bits per heavy atom. The topological polar surface area (TPSA) is 86.3 Å². The average molecular weight is 435 g/mol. The van der Waals surface area contributed by atoms with Crippen molar-refractivity contribution in [3.8, 4) is 6.07 Å². The van der Waals surface area contributed by atoms with Crippen molar-refractivity contribution < 1.29 is 14.7 Å². The lowest BCUT2D eigenvalue weighted by Gasteiger charge is -2.22. The minimum absolute atomic E-state index is 0.0342. The number of nitriles is 1. The lowest BCUT2D eigenvalue weighted by atomic mass is 10.1. The predicted molar refractivity (Wildman–Crippen MR) is 127 cm³/mol. The Morgan fingerprint density at radius 2 is 1.58 bits per heavy atom. The fourth-order valence-corrected chi connectivity index (χ4v) is 3.76. The molecule has 6 nitrogen and oxygen atoms in total. The number of hydrogen-bond acceptors (Lipinski definition) is 3. The van der Waals surface area contributed by atoms with Crippen LogP contribution in [-0.4, -0.2) is 21.6 Å². The van der Waals surface area contributed by atoms with Crippen LogP contribution in [0.15, 0.2) is 96.7 Å². The molecule has 0 saturated carbocycles. The number of para-hydroxylation sites is 2. The number of benzene rings is 3. The molecule has 1 heterocycles. The summed E-state index contributed by atoms with van der Waals surface area (Å²) < 4.78 is 1.60. The van der Waals surface area contributed by atoms with Crippen LogP contribution >= 0.6 is 0 Å². The molecule has 0 atom stereocenters. The molecule has 0 aliphatic heterocycles. The summed E-state index contributed by atoms with van der Waals surface area (Å²) in [6, 6.07) is 28.1. The van der Waals surface area contributed by atoms with Crippen molar-refractivity contribution in [1.29, 1.82) is 5.26 Å². The summed E-state index contributed by atoms with van der Waals surface area (Å²) in [5, 5.41) is 19.9. The summed E-state index contributed by atoms with van der Waals surface area (Å²) in [6.45, 7) is 0.0951. The standard InChI is InChI=1S/C27H21N3O3/c28-16-21(15-22-18-29(19-26(31)32)25-14-8-7-13-24(22)25)27(33)30(23-11-5-2-6-12-23)17-20-9-3-1-4-10-20/h1-15,18H,17,19H2,(H,31,32)/b21-15+. The molecular formula is C27H21N3O3. The first kappa shape index (κ1) is 21.6. The van der Waals surface area contributed by atoms with Crippen LogP contribution in [0.1, 0.15) is 11.1 Å². The van der Waals surface area contributed by atoms with Crippen molar-refractivity contribution in [3.63, 3.8) is 0 Å². The van der Waals surface area contributed by atoms with E-state index in [0.29, 0.717) is 17.8 Å². The van der Waals surface area contributed by atoms with Gasteiger partial charge in [0, 0.05) is 28.4 Å². The maximum absolute atomic E-state index is 13.5. The Morgan fingerprint density at radius 1 is 0.939 bits per heavy atom. The highest BCUT2D eigenvalue weighted by Crippen LogP contribution is 2.25. The van der Waals surface area contributed by atoms with Crippen LogP contribution in [-0.2, 0) is 22.7 Å². The summed E-state index contributed by atoms with van der Waals surface area (Å²) in [6.07, 6.45) is 3.19. The zero-order valence-electron chi connectivity index (χ0n) is 17.8. The van der Waals surface area contributed by atoms with Crippen LogP contribution in [0.5, 0.6) is 0 Å². The van der Waals surface area contributed by atoms with Gasteiger partial charge in [-0.2, -0.15) is 5.26 Å². The first-order valence-corrected chi connectivity index (χ1v) is 10.4. The molecule has 0 fully saturated rings. The number of nitrogens with zero attached hydrogens (tertiary/aromatic N) is 3. The van der Waals surface area contributed by atoms with Gasteiger partial charge < -0.3 is 14.6 Å². The molecule has 0 unspecified atom stereocenters. The van der Waals surface area contributed by atoms with Crippen LogP contribution in [0.4, 0.5) is 5.69 Å². The largest absolute Gasteiger partial charge is 0.480 e. The quantitative estimate of drug-likeness (QED) is 0.332. The number of aliphatic carboxylic acids is 1. The van der Waals surface area contributed by atoms with Gasteiger partial charge in [0.05, 0.1) is 6.54 Å². The van der Waals surface area contributed by atoms with E-state index in [-0.39, 0.29) is 12.1 Å². The number of hydrogen-bond donors (Lipinski definition) is 1. The van der Waals surface area contributed by atoms with Gasteiger partial charge in [-0.3, -0.25) is 9.59 Å². The van der Waals surface area contributed by atoms with Crippen LogP contribution in [0.3, 0.4) is 0 Å². The van der Waals surface area contributed by atoms with Crippen molar-refractivity contribution in [3.05, 3.63) is 108 Å². The van der Waals surface area contributed by atoms with Gasteiger partial charge in [0.2, 0.25) is 0 Å². The summed E-state index contributed by atoms with van der Waals surface area (Å²) in [4.78, 5) is 26.4. The van der Waals surface area contributed by atoms with E-state index >= 15 is 0 Å². The zero-order valence-corrected chi connectivity index (χ0v) is 17.8. The molecule has 3 aromatic carbocycles. The van der Waals surface area contributed by atoms with Gasteiger partial charge in [-0.15, -0.1) is 0 Å². The number of rotatable bonds is 7. The molecule has 4 aromatic rings. The second-order valence-electron chi connectivity index (χ2n) is 7.51. The SMILES string of the molecule is N#C/C(=C\c1cn(CC(=O)O)c2ccccc12)C(=O)N(Cc1ccccc1)c1ccccc1. The first-order chi connectivity index (χ1) is 16.1. The monoisotopic (exact) mass is 435 g/mol. The van der Waals surface area contributed by atoms with Gasteiger partial charge in [0.1, 0.15) is 18.2 Å². The van der Waals surface area contributed by atoms with E-state index < -0.39 is 11.9 Å². The summed E-state index contributed by atoms with van der Waals surface area (Å²) in [5.41, 5.74) is 2.92. The molecule has 0 bridgehead atoms. The zero-order chi connectivity index (χ0) is 23.2. The van der Waals surface area contributed by atoms with Gasteiger partial charge in [-0.1, -0.05) is 66.7 Å². The lowest BCUT2D eigenvalue weighted by molar-refractivity contribution is -0.137. The van der Waals surface area contributed by atoms with Gasteiger partial charge in [0.15, 0.2) is 0 Å². The van der Waals surface area contributed by atoms with Crippen molar-refractivity contribution in [2.75, 3.05) is 4.90 Å². The second-order valence-corrected chi connectivity index (χ2v) is 7.51. The maximum atomic E-state index is 13.5. The number of carbonyl (C=O) groups is 2. The number of amides is 1. The average Bonchev–Trinajstić information content (AvgIpc) is 3.18. The fraction of sp³-hybridized carbons (Fsp3) is 0.0741. The van der Waals surface area contributed by atoms with Crippen molar-refractivity contribution in [2.24, 2.45) is 0 Å². The third-order valence-corrected chi connectivity index (χ3v) is 5.27. The molecule has 0 spiro atoms. The van der Waals surface area contributed by atoms with E-state index in [1.807, 2.05) is 91.0 Å². The summed E-state index contributed by atoms with van der Waals surface area (Å²) >= 11 is 0. The molecule has 33 heavy (non-hydrogen) atoms. The van der Waals surface area contributed by atoms with Crippen molar-refractivity contribution in [1.82, 2.24) is 4.57 Å². The van der Waals surface area contributed by atoms with E-state index in [4.69, 9.17) is 0 Å². The summed E-state index contributed by atoms with van der Waals surface area (Å²) in [5.74, 6) is -1.40. The summed E-state index contributed by atoms with van der Waals surface area (Å²) in [7, 11) is 0. The third-order valence-electron chi connectivity index (χ3n) is 5.27. The maximum Gasteiger partial charge on any atom is 0.323 e. The first-order valence-electron chi connectivity index (χ1n) is 10.4. The van der Waals surface area contributed by atoms with Gasteiger partial charge in [0.25, 0.3) is 5.91 Å². The highest BCUT2D eigenvalue weighted by molar-refractivity contribution is 6.12. The molecule has 162 valence electrons. The minimum atomic E-state index is -0.971. The smallest absolute Gasteiger partial charge is 0.323 e. The Bertz CT molecular complexity index is 1370. The van der Waals surface area contributed by atoms with E-state index in [1.165, 1.54) is 6.08 Å². The molecule has 1 N–H and O–H groups in total. The van der Waals surface area contributed by atoms with Crippen molar-refractivity contribution >= 4 is 34.5 Å². The highest BCUT2D eigenvalue weighted by atomic mass is 16.4. The van der Waals surface area contributed by atoms with Gasteiger partial charge >= 0.3 is 5.97 Å². The lowest BCUT2D eigenvalue weighted by Crippen LogP contribution is -2.31. The molecule has 1 amide bonds. The van der Waals surface area contributed by atoms with Gasteiger partial charge in [-0.25, -0.2) is 0 Å². The molecule has 0 radical (unpaired) electrons. The van der Waals surface area contributed by atoms with Crippen LogP contribution in [0.2, 0.25) is 0 Å². The third kappa shape index (κ3) is 4.83. The molecular weight excluding hydrogens is 414 g/mol. The number of carboxylic acids is 1. The Kier molecular flexibility index (Phi) is 6.33. The number of anilines is 1. The molecule has 0 aliphatic rings. The van der Waals surface area contributed by atoms with Crippen LogP contribution in [0, 0.1) is 11.3 Å². The van der Waals surface area contributed by atoms with E-state index in [2.05, 4.69) is 0 Å². The van der Waals surface area contributed by atoms with E-state index in [9.17, 15) is 20.0 Å². The Balaban J connectivity index is 1.76. The van der Waals surface area contributed by atoms with E-state index in [0.717, 1.165) is 16.5 Å². The van der Waals surface area contributed by atoms with Crippen LogP contribution in [0.25, 0.3) is 17.0 Å². The minimum Gasteiger partial charge on any atom is -0.480 e. The number of fused-ring (bicyclic) bond motifs is 1. The van der Waals surface area contributed by atoms with Crippen molar-refractivity contribution in [2.45, 2.75) is 13.1 Å². The Hall–Kier alpha value is -4.63. The molecule has 6 heteroatoms. The molecule has 0 aliphatic carbocycles. The number of carbonyl (C=O) groups excluding carboxylic acids is 1. The van der Waals surface area contributed by atoms with Gasteiger partial charge in [-0.05, 0) is 29.8 Å². The normalized spacial score (nSPS) is 11.2. The second kappa shape index (κ2) is 9.67. The van der Waals surface area contributed by atoms with E-state index in [1.54, 1.807) is 15.7 Å². The fourth-order valence-electron chi connectivity index (χ4n) is 3.76. The number of carboxylic acid groups (broad SMARTS) is 1. The number of aromatic nitrogens is 1. The molecule has 1 aromatic heterocycles. The highest BCUT2D eigenvalue weighted by Gasteiger charge is 2.21. The van der Waals surface area contributed by atoms with Crippen LogP contribution < -0.4 is 4.90 Å². The molecule has 0 saturated heterocycles.